The Morgan fingerprint density at radius 3 is 1.95 bits per heavy atom. The molecule has 0 bridgehead atoms. The third kappa shape index (κ3) is 2.51. The average molecular weight is 287 g/mol. The van der Waals surface area contributed by atoms with Crippen LogP contribution < -0.4 is 5.32 Å². The Labute approximate surface area is 128 Å². The summed E-state index contributed by atoms with van der Waals surface area (Å²) < 4.78 is 5.88. The minimum atomic E-state index is -0.282. The molecule has 0 unspecified atom stereocenters. The van der Waals surface area contributed by atoms with Gasteiger partial charge in [-0.15, -0.1) is 0 Å². The number of ether oxygens (including phenoxy) is 1. The van der Waals surface area contributed by atoms with Crippen LogP contribution in [0.3, 0.4) is 0 Å². The van der Waals surface area contributed by atoms with Crippen molar-refractivity contribution in [3.05, 3.63) is 83.2 Å². The van der Waals surface area contributed by atoms with E-state index in [9.17, 15) is 0 Å². The largest absolute Gasteiger partial charge is 0.467 e. The second-order valence-electron chi connectivity index (χ2n) is 4.91. The molecule has 1 fully saturated rings. The van der Waals surface area contributed by atoms with Crippen LogP contribution in [-0.2, 0) is 4.74 Å². The molecule has 1 N–H and O–H groups in total. The van der Waals surface area contributed by atoms with Gasteiger partial charge < -0.3 is 10.1 Å². The van der Waals surface area contributed by atoms with Gasteiger partial charge in [0.2, 0.25) is 5.88 Å². The van der Waals surface area contributed by atoms with Gasteiger partial charge in [-0.3, -0.25) is 0 Å². The standard InChI is InChI=1S/C18H13N3O/c19-11-15(12-20)18-21-16(13-7-3-1-4-8-13)17(22-18)14-9-5-2-6-10-14/h1-10,16-17,21H/t16-,17-/m1/s1. The molecule has 4 nitrogen and oxygen atoms in total. The van der Waals surface area contributed by atoms with E-state index in [1.165, 1.54) is 0 Å². The molecular formula is C18H13N3O. The number of nitriles is 2. The molecule has 0 spiro atoms. The highest BCUT2D eigenvalue weighted by atomic mass is 16.5. The molecule has 2 atom stereocenters. The highest BCUT2D eigenvalue weighted by molar-refractivity contribution is 5.40. The number of hydrogen-bond donors (Lipinski definition) is 1. The SMILES string of the molecule is N#CC(C#N)=C1N[C@H](c2ccccc2)[C@@H](c2ccccc2)O1. The third-order valence-corrected chi connectivity index (χ3v) is 3.57. The molecule has 1 saturated heterocycles. The van der Waals surface area contributed by atoms with Crippen molar-refractivity contribution in [3.8, 4) is 12.1 Å². The Hall–Kier alpha value is -3.24. The maximum atomic E-state index is 9.05. The van der Waals surface area contributed by atoms with E-state index in [1.807, 2.05) is 72.8 Å². The summed E-state index contributed by atoms with van der Waals surface area (Å²) in [7, 11) is 0. The normalized spacial score (nSPS) is 19.5. The van der Waals surface area contributed by atoms with Gasteiger partial charge in [-0.2, -0.15) is 10.5 Å². The van der Waals surface area contributed by atoms with Gasteiger partial charge in [0, 0.05) is 0 Å². The smallest absolute Gasteiger partial charge is 0.217 e. The van der Waals surface area contributed by atoms with Gasteiger partial charge in [-0.25, -0.2) is 0 Å². The van der Waals surface area contributed by atoms with Crippen molar-refractivity contribution < 1.29 is 4.74 Å². The van der Waals surface area contributed by atoms with Gasteiger partial charge in [-0.05, 0) is 11.1 Å². The highest BCUT2D eigenvalue weighted by Gasteiger charge is 2.35. The van der Waals surface area contributed by atoms with E-state index in [4.69, 9.17) is 15.3 Å². The number of rotatable bonds is 2. The summed E-state index contributed by atoms with van der Waals surface area (Å²) in [5.41, 5.74) is 2.00. The van der Waals surface area contributed by atoms with Crippen LogP contribution in [0.2, 0.25) is 0 Å². The highest BCUT2D eigenvalue weighted by Crippen LogP contribution is 2.39. The summed E-state index contributed by atoms with van der Waals surface area (Å²) in [6.45, 7) is 0. The Bertz CT molecular complexity index is 704. The number of hydrogen-bond acceptors (Lipinski definition) is 4. The minimum Gasteiger partial charge on any atom is -0.467 e. The molecule has 0 aromatic heterocycles. The van der Waals surface area contributed by atoms with Crippen LogP contribution in [0.4, 0.5) is 0 Å². The van der Waals surface area contributed by atoms with Crippen molar-refractivity contribution in [2.75, 3.05) is 0 Å². The molecule has 2 aromatic carbocycles. The second-order valence-corrected chi connectivity index (χ2v) is 4.91. The summed E-state index contributed by atoms with van der Waals surface area (Å²) in [6.07, 6.45) is -0.282. The molecule has 0 saturated carbocycles. The van der Waals surface area contributed by atoms with Crippen LogP contribution in [-0.4, -0.2) is 0 Å². The topological polar surface area (TPSA) is 68.8 Å². The lowest BCUT2D eigenvalue weighted by molar-refractivity contribution is 0.150. The Morgan fingerprint density at radius 1 is 0.864 bits per heavy atom. The van der Waals surface area contributed by atoms with Crippen LogP contribution in [0.25, 0.3) is 0 Å². The fourth-order valence-electron chi connectivity index (χ4n) is 2.53. The van der Waals surface area contributed by atoms with E-state index < -0.39 is 0 Å². The molecule has 3 rings (SSSR count). The average Bonchev–Trinajstić information content (AvgIpc) is 3.03. The summed E-state index contributed by atoms with van der Waals surface area (Å²) in [5.74, 6) is 0.243. The Morgan fingerprint density at radius 2 is 1.41 bits per heavy atom. The van der Waals surface area contributed by atoms with E-state index >= 15 is 0 Å². The lowest BCUT2D eigenvalue weighted by atomic mass is 9.97. The predicted molar refractivity (Wildman–Crippen MR) is 80.8 cm³/mol. The van der Waals surface area contributed by atoms with E-state index in [0.717, 1.165) is 11.1 Å². The lowest BCUT2D eigenvalue weighted by Gasteiger charge is -2.18. The van der Waals surface area contributed by atoms with Crippen LogP contribution in [0.1, 0.15) is 23.3 Å². The van der Waals surface area contributed by atoms with Crippen molar-refractivity contribution in [3.63, 3.8) is 0 Å². The molecule has 0 amide bonds. The predicted octanol–water partition coefficient (Wildman–Crippen LogP) is 3.35. The first-order valence-corrected chi connectivity index (χ1v) is 6.91. The molecule has 1 aliphatic rings. The zero-order valence-corrected chi connectivity index (χ0v) is 11.7. The minimum absolute atomic E-state index is 0.0423. The first kappa shape index (κ1) is 13.7. The summed E-state index contributed by atoms with van der Waals surface area (Å²) >= 11 is 0. The molecule has 0 radical (unpaired) electrons. The van der Waals surface area contributed by atoms with E-state index in [0.29, 0.717) is 0 Å². The van der Waals surface area contributed by atoms with Crippen molar-refractivity contribution in [2.24, 2.45) is 0 Å². The van der Waals surface area contributed by atoms with E-state index in [1.54, 1.807) is 0 Å². The molecule has 1 heterocycles. The monoisotopic (exact) mass is 287 g/mol. The maximum absolute atomic E-state index is 9.05. The number of nitrogens with one attached hydrogen (secondary N) is 1. The molecular weight excluding hydrogens is 274 g/mol. The van der Waals surface area contributed by atoms with Gasteiger partial charge >= 0.3 is 0 Å². The molecule has 0 aliphatic carbocycles. The van der Waals surface area contributed by atoms with Crippen LogP contribution in [0, 0.1) is 22.7 Å². The molecule has 106 valence electrons. The zero-order chi connectivity index (χ0) is 15.4. The molecule has 2 aromatic rings. The zero-order valence-electron chi connectivity index (χ0n) is 11.7. The van der Waals surface area contributed by atoms with Crippen molar-refractivity contribution in [1.29, 1.82) is 10.5 Å². The first-order valence-electron chi connectivity index (χ1n) is 6.91. The molecule has 22 heavy (non-hydrogen) atoms. The van der Waals surface area contributed by atoms with Crippen molar-refractivity contribution >= 4 is 0 Å². The summed E-state index contributed by atoms with van der Waals surface area (Å²) in [5, 5.41) is 21.3. The fourth-order valence-corrected chi connectivity index (χ4v) is 2.53. The van der Waals surface area contributed by atoms with Crippen molar-refractivity contribution in [1.82, 2.24) is 5.32 Å². The lowest BCUT2D eigenvalue weighted by Crippen LogP contribution is -2.16. The van der Waals surface area contributed by atoms with Crippen molar-refractivity contribution in [2.45, 2.75) is 12.1 Å². The number of benzene rings is 2. The Balaban J connectivity index is 2.04. The number of nitrogens with zero attached hydrogens (tertiary/aromatic N) is 2. The number of allylic oxidation sites excluding steroid dienone is 1. The molecule has 1 aliphatic heterocycles. The van der Waals surface area contributed by atoms with Gasteiger partial charge in [0.15, 0.2) is 5.57 Å². The van der Waals surface area contributed by atoms with Gasteiger partial charge in [0.05, 0.1) is 6.04 Å². The molecule has 4 heteroatoms. The van der Waals surface area contributed by atoms with Gasteiger partial charge in [0.25, 0.3) is 0 Å². The van der Waals surface area contributed by atoms with E-state index in [-0.39, 0.29) is 23.6 Å². The summed E-state index contributed by atoms with van der Waals surface area (Å²) in [4.78, 5) is 0. The maximum Gasteiger partial charge on any atom is 0.217 e. The van der Waals surface area contributed by atoms with Gasteiger partial charge in [-0.1, -0.05) is 60.7 Å². The third-order valence-electron chi connectivity index (χ3n) is 3.57. The quantitative estimate of drug-likeness (QED) is 0.860. The van der Waals surface area contributed by atoms with Gasteiger partial charge in [0.1, 0.15) is 18.2 Å². The second kappa shape index (κ2) is 6.03. The van der Waals surface area contributed by atoms with Crippen LogP contribution in [0.5, 0.6) is 0 Å². The summed E-state index contributed by atoms with van der Waals surface area (Å²) in [6, 6.07) is 23.2. The van der Waals surface area contributed by atoms with Crippen LogP contribution >= 0.6 is 0 Å². The van der Waals surface area contributed by atoms with E-state index in [2.05, 4.69) is 5.32 Å². The first-order chi connectivity index (χ1) is 10.8. The van der Waals surface area contributed by atoms with Crippen LogP contribution in [0.15, 0.2) is 72.1 Å². The fraction of sp³-hybridized carbons (Fsp3) is 0.111. The Kier molecular flexibility index (Phi) is 3.76.